The molecule has 3 unspecified atom stereocenters. The maximum atomic E-state index is 3.47. The van der Waals surface area contributed by atoms with E-state index in [1.54, 1.807) is 0 Å². The molecule has 0 radical (unpaired) electrons. The number of nitrogens with zero attached hydrogens (tertiary/aromatic N) is 1. The summed E-state index contributed by atoms with van der Waals surface area (Å²) in [5, 5.41) is 3.47. The molecule has 3 atom stereocenters. The predicted molar refractivity (Wildman–Crippen MR) is 91.2 cm³/mol. The Balaban J connectivity index is 1.93. The monoisotopic (exact) mass is 288 g/mol. The van der Waals surface area contributed by atoms with Crippen LogP contribution in [0, 0.1) is 11.8 Å². The van der Waals surface area contributed by atoms with Crippen LogP contribution in [0.15, 0.2) is 24.3 Å². The van der Waals surface area contributed by atoms with Crippen LogP contribution in [0.1, 0.15) is 52.2 Å². The highest BCUT2D eigenvalue weighted by Crippen LogP contribution is 2.28. The van der Waals surface area contributed by atoms with Crippen LogP contribution in [0.5, 0.6) is 0 Å². The molecule has 0 aliphatic carbocycles. The summed E-state index contributed by atoms with van der Waals surface area (Å²) in [5.74, 6) is 1.63. The lowest BCUT2D eigenvalue weighted by atomic mass is 9.86. The lowest BCUT2D eigenvalue weighted by Crippen LogP contribution is -2.45. The summed E-state index contributed by atoms with van der Waals surface area (Å²) >= 11 is 0. The Morgan fingerprint density at radius 2 is 1.71 bits per heavy atom. The molecule has 1 aromatic rings. The fourth-order valence-corrected chi connectivity index (χ4v) is 3.36. The van der Waals surface area contributed by atoms with Crippen LogP contribution >= 0.6 is 0 Å². The molecule has 0 amide bonds. The van der Waals surface area contributed by atoms with Crippen LogP contribution in [0.2, 0.25) is 0 Å². The topological polar surface area (TPSA) is 15.3 Å². The second kappa shape index (κ2) is 7.42. The van der Waals surface area contributed by atoms with Crippen molar-refractivity contribution in [3.05, 3.63) is 35.4 Å². The molecule has 21 heavy (non-hydrogen) atoms. The SMILES string of the molecule is CC1CC(C)C(C)N(Cc2ccc(CNC(C)C)cc2)C1. The van der Waals surface area contributed by atoms with Gasteiger partial charge in [-0.15, -0.1) is 0 Å². The Hall–Kier alpha value is -0.860. The quantitative estimate of drug-likeness (QED) is 0.879. The van der Waals surface area contributed by atoms with Crippen molar-refractivity contribution < 1.29 is 0 Å². The van der Waals surface area contributed by atoms with Crippen LogP contribution < -0.4 is 5.32 Å². The molecule has 1 heterocycles. The van der Waals surface area contributed by atoms with E-state index in [1.165, 1.54) is 24.1 Å². The zero-order chi connectivity index (χ0) is 15.4. The molecule has 1 aliphatic heterocycles. The van der Waals surface area contributed by atoms with E-state index in [2.05, 4.69) is 69.1 Å². The van der Waals surface area contributed by atoms with Gasteiger partial charge in [0.25, 0.3) is 0 Å². The number of rotatable bonds is 5. The molecule has 1 aromatic carbocycles. The maximum Gasteiger partial charge on any atom is 0.0236 e. The summed E-state index contributed by atoms with van der Waals surface area (Å²) in [6, 6.07) is 10.4. The van der Waals surface area contributed by atoms with Crippen LogP contribution in [-0.4, -0.2) is 23.5 Å². The first kappa shape index (κ1) is 16.5. The van der Waals surface area contributed by atoms with Crippen LogP contribution in [0.4, 0.5) is 0 Å². The van der Waals surface area contributed by atoms with Gasteiger partial charge in [0.2, 0.25) is 0 Å². The van der Waals surface area contributed by atoms with Crippen molar-refractivity contribution in [2.75, 3.05) is 6.54 Å². The van der Waals surface area contributed by atoms with E-state index < -0.39 is 0 Å². The summed E-state index contributed by atoms with van der Waals surface area (Å²) in [5.41, 5.74) is 2.82. The van der Waals surface area contributed by atoms with E-state index in [9.17, 15) is 0 Å². The fourth-order valence-electron chi connectivity index (χ4n) is 3.36. The van der Waals surface area contributed by atoms with Gasteiger partial charge in [0.05, 0.1) is 0 Å². The highest BCUT2D eigenvalue weighted by molar-refractivity contribution is 5.22. The molecule has 1 aliphatic rings. The lowest BCUT2D eigenvalue weighted by Gasteiger charge is -2.41. The number of likely N-dealkylation sites (tertiary alicyclic amines) is 1. The van der Waals surface area contributed by atoms with E-state index >= 15 is 0 Å². The molecule has 0 bridgehead atoms. The largest absolute Gasteiger partial charge is 0.310 e. The van der Waals surface area contributed by atoms with Crippen molar-refractivity contribution in [3.63, 3.8) is 0 Å². The van der Waals surface area contributed by atoms with E-state index in [4.69, 9.17) is 0 Å². The summed E-state index contributed by atoms with van der Waals surface area (Å²) in [6.07, 6.45) is 1.37. The van der Waals surface area contributed by atoms with E-state index in [1.807, 2.05) is 0 Å². The van der Waals surface area contributed by atoms with Gasteiger partial charge in [-0.3, -0.25) is 4.90 Å². The summed E-state index contributed by atoms with van der Waals surface area (Å²) in [6.45, 7) is 14.8. The van der Waals surface area contributed by atoms with Gasteiger partial charge in [-0.1, -0.05) is 52.0 Å². The number of hydrogen-bond acceptors (Lipinski definition) is 2. The van der Waals surface area contributed by atoms with Gasteiger partial charge in [0.1, 0.15) is 0 Å². The summed E-state index contributed by atoms with van der Waals surface area (Å²) in [4.78, 5) is 2.65. The van der Waals surface area contributed by atoms with Gasteiger partial charge >= 0.3 is 0 Å². The average molecular weight is 288 g/mol. The Labute approximate surface area is 130 Å². The van der Waals surface area contributed by atoms with E-state index in [-0.39, 0.29) is 0 Å². The molecule has 2 rings (SSSR count). The Kier molecular flexibility index (Phi) is 5.83. The summed E-state index contributed by atoms with van der Waals surface area (Å²) < 4.78 is 0. The van der Waals surface area contributed by atoms with Crippen molar-refractivity contribution >= 4 is 0 Å². The fraction of sp³-hybridized carbons (Fsp3) is 0.684. The maximum absolute atomic E-state index is 3.47. The third-order valence-corrected chi connectivity index (χ3v) is 4.84. The van der Waals surface area contributed by atoms with Crippen molar-refractivity contribution in [1.82, 2.24) is 10.2 Å². The van der Waals surface area contributed by atoms with Gasteiger partial charge in [-0.25, -0.2) is 0 Å². The highest BCUT2D eigenvalue weighted by Gasteiger charge is 2.28. The molecular formula is C19H32N2. The Bertz CT molecular complexity index is 424. The molecule has 1 saturated heterocycles. The number of nitrogens with one attached hydrogen (secondary N) is 1. The minimum Gasteiger partial charge on any atom is -0.310 e. The van der Waals surface area contributed by atoms with Gasteiger partial charge in [-0.05, 0) is 36.3 Å². The molecule has 1 N–H and O–H groups in total. The Morgan fingerprint density at radius 1 is 1.10 bits per heavy atom. The molecule has 0 saturated carbocycles. The predicted octanol–water partition coefficient (Wildman–Crippen LogP) is 4.05. The molecule has 0 aromatic heterocycles. The first-order chi connectivity index (χ1) is 9.95. The first-order valence-electron chi connectivity index (χ1n) is 8.51. The van der Waals surface area contributed by atoms with Crippen molar-refractivity contribution in [2.24, 2.45) is 11.8 Å². The standard InChI is InChI=1S/C19H32N2/c1-14(2)20-11-18-6-8-19(9-7-18)13-21-12-15(3)10-16(4)17(21)5/h6-9,14-17,20H,10-13H2,1-5H3. The van der Waals surface area contributed by atoms with Gasteiger partial charge in [0.15, 0.2) is 0 Å². The van der Waals surface area contributed by atoms with Crippen LogP contribution in [0.25, 0.3) is 0 Å². The molecule has 0 spiro atoms. The second-order valence-corrected chi connectivity index (χ2v) is 7.34. The van der Waals surface area contributed by atoms with E-state index in [0.717, 1.165) is 24.9 Å². The van der Waals surface area contributed by atoms with Crippen molar-refractivity contribution in [2.45, 2.75) is 66.2 Å². The molecule has 2 nitrogen and oxygen atoms in total. The smallest absolute Gasteiger partial charge is 0.0236 e. The van der Waals surface area contributed by atoms with Gasteiger partial charge < -0.3 is 5.32 Å². The van der Waals surface area contributed by atoms with Crippen molar-refractivity contribution in [3.8, 4) is 0 Å². The zero-order valence-electron chi connectivity index (χ0n) is 14.4. The van der Waals surface area contributed by atoms with E-state index in [0.29, 0.717) is 12.1 Å². The lowest BCUT2D eigenvalue weighted by molar-refractivity contribution is 0.0729. The normalized spacial score (nSPS) is 27.2. The van der Waals surface area contributed by atoms with Crippen LogP contribution in [-0.2, 0) is 13.1 Å². The van der Waals surface area contributed by atoms with Crippen LogP contribution in [0.3, 0.4) is 0 Å². The zero-order valence-corrected chi connectivity index (χ0v) is 14.4. The molecular weight excluding hydrogens is 256 g/mol. The van der Waals surface area contributed by atoms with Gasteiger partial charge in [0, 0.05) is 31.7 Å². The third kappa shape index (κ3) is 4.82. The van der Waals surface area contributed by atoms with Crippen molar-refractivity contribution in [1.29, 1.82) is 0 Å². The first-order valence-corrected chi connectivity index (χ1v) is 8.51. The molecule has 2 heteroatoms. The minimum absolute atomic E-state index is 0.543. The highest BCUT2D eigenvalue weighted by atomic mass is 15.2. The third-order valence-electron chi connectivity index (χ3n) is 4.84. The minimum atomic E-state index is 0.543. The van der Waals surface area contributed by atoms with Gasteiger partial charge in [-0.2, -0.15) is 0 Å². The Morgan fingerprint density at radius 3 is 2.33 bits per heavy atom. The molecule has 118 valence electrons. The second-order valence-electron chi connectivity index (χ2n) is 7.34. The summed E-state index contributed by atoms with van der Waals surface area (Å²) in [7, 11) is 0. The number of piperidine rings is 1. The molecule has 1 fully saturated rings. The number of benzene rings is 1. The average Bonchev–Trinajstić information content (AvgIpc) is 2.43. The number of hydrogen-bond donors (Lipinski definition) is 1.